The monoisotopic (exact) mass is 715 g/mol. The number of fused-ring (bicyclic) bond motifs is 1. The summed E-state index contributed by atoms with van der Waals surface area (Å²) in [5.74, 6) is -0.498. The average molecular weight is 716 g/mol. The molecule has 14 heteroatoms. The zero-order valence-corrected chi connectivity index (χ0v) is 29.1. The largest absolute Gasteiger partial charge is 0.448 e. The molecule has 0 unspecified atom stereocenters. The highest BCUT2D eigenvalue weighted by Gasteiger charge is 2.16. The second kappa shape index (κ2) is 17.6. The summed E-state index contributed by atoms with van der Waals surface area (Å²) in [6.45, 7) is 3.79. The number of benzene rings is 3. The van der Waals surface area contributed by atoms with Crippen LogP contribution in [0.1, 0.15) is 48.9 Å². The van der Waals surface area contributed by atoms with Gasteiger partial charge in [0.15, 0.2) is 11.8 Å². The molecule has 2 atom stereocenters. The van der Waals surface area contributed by atoms with Gasteiger partial charge in [0, 0.05) is 42.3 Å². The Bertz CT molecular complexity index is 2010. The Kier molecular flexibility index (Phi) is 12.8. The summed E-state index contributed by atoms with van der Waals surface area (Å²) in [5, 5.41) is 6.75. The van der Waals surface area contributed by atoms with Crippen LogP contribution in [0.3, 0.4) is 0 Å². The Morgan fingerprint density at radius 2 is 1.84 bits per heavy atom. The fraction of sp³-hybridized carbons (Fsp3) is 0.297. The van der Waals surface area contributed by atoms with Gasteiger partial charge in [0.25, 0.3) is 0 Å². The minimum atomic E-state index is -0.580. The van der Waals surface area contributed by atoms with Gasteiger partial charge in [0.05, 0.1) is 16.4 Å². The van der Waals surface area contributed by atoms with Crippen molar-refractivity contribution >= 4 is 34.7 Å². The van der Waals surface area contributed by atoms with Crippen LogP contribution in [0, 0.1) is 5.82 Å². The summed E-state index contributed by atoms with van der Waals surface area (Å²) in [6.07, 6.45) is 3.76. The Morgan fingerprint density at radius 3 is 2.59 bits per heavy atom. The zero-order valence-electron chi connectivity index (χ0n) is 28.4. The van der Waals surface area contributed by atoms with Gasteiger partial charge in [-0.05, 0) is 86.2 Å². The molecule has 51 heavy (non-hydrogen) atoms. The van der Waals surface area contributed by atoms with Gasteiger partial charge in [-0.3, -0.25) is 9.56 Å². The fourth-order valence-electron chi connectivity index (χ4n) is 5.61. The lowest BCUT2D eigenvalue weighted by Crippen LogP contribution is -2.32. The van der Waals surface area contributed by atoms with E-state index in [1.165, 1.54) is 4.57 Å². The fourth-order valence-corrected chi connectivity index (χ4v) is 5.85. The summed E-state index contributed by atoms with van der Waals surface area (Å²) < 4.78 is 22.1. The number of rotatable bonds is 16. The second-order valence-electron chi connectivity index (χ2n) is 12.3. The van der Waals surface area contributed by atoms with Crippen molar-refractivity contribution in [2.45, 2.75) is 51.2 Å². The number of amides is 1. The lowest BCUT2D eigenvalue weighted by atomic mass is 10.0. The van der Waals surface area contributed by atoms with Gasteiger partial charge in [-0.1, -0.05) is 54.1 Å². The normalized spacial score (nSPS) is 12.4. The standard InChI is InChI=1S/C37H43ClFN9O3/c1-23(43-15-6-16-44-35(41)42)26-11-13-29(14-12-26)48-21-27-19-32(46-34(27)47-36(48)49)30-17-25(18-31(38)33(30)39)9-5-10-28(40)22-51-37(50)45-20-24-7-3-2-4-8-24/h2-4,7-8,11-14,17-19,21,23,28,43H,5-6,9-10,15-16,20,22,40H2,1H3,(H,45,50)(H4,41,42,44)(H,46,47,49)/t23-,28+/m0/s1. The number of nitrogens with two attached hydrogens (primary N) is 3. The number of aliphatic imine (C=N–C) groups is 1. The third-order valence-corrected chi connectivity index (χ3v) is 8.66. The maximum absolute atomic E-state index is 15.3. The topological polar surface area (TPSA) is 191 Å². The molecule has 9 N–H and O–H groups in total. The van der Waals surface area contributed by atoms with E-state index in [-0.39, 0.29) is 35.2 Å². The SMILES string of the molecule is C[C@H](NCCCN=C(N)N)c1ccc(-n2cc3cc(-c4cc(CCC[C@@H](N)COC(=O)NCc5ccccc5)cc(Cl)c4F)[nH]c3nc2=O)cc1. The van der Waals surface area contributed by atoms with Gasteiger partial charge in [0.1, 0.15) is 12.3 Å². The number of ether oxygens (including phenoxy) is 1. The van der Waals surface area contributed by atoms with Crippen LogP contribution in [-0.4, -0.2) is 52.3 Å². The van der Waals surface area contributed by atoms with Gasteiger partial charge in [-0.25, -0.2) is 14.0 Å². The van der Waals surface area contributed by atoms with Crippen molar-refractivity contribution in [3.63, 3.8) is 0 Å². The van der Waals surface area contributed by atoms with Crippen LogP contribution < -0.4 is 33.5 Å². The highest BCUT2D eigenvalue weighted by Crippen LogP contribution is 2.31. The molecule has 5 rings (SSSR count). The molecule has 12 nitrogen and oxygen atoms in total. The number of halogens is 2. The molecule has 0 aliphatic heterocycles. The van der Waals surface area contributed by atoms with E-state index in [4.69, 9.17) is 33.5 Å². The van der Waals surface area contributed by atoms with Crippen molar-refractivity contribution in [3.05, 3.63) is 117 Å². The maximum atomic E-state index is 15.3. The predicted molar refractivity (Wildman–Crippen MR) is 199 cm³/mol. The summed E-state index contributed by atoms with van der Waals surface area (Å²) in [6, 6.07) is 21.9. The number of hydrogen-bond donors (Lipinski definition) is 6. The summed E-state index contributed by atoms with van der Waals surface area (Å²) in [5.41, 5.74) is 21.0. The molecule has 5 aromatic rings. The van der Waals surface area contributed by atoms with Crippen LogP contribution in [0.25, 0.3) is 28.0 Å². The molecule has 0 saturated carbocycles. The van der Waals surface area contributed by atoms with E-state index in [2.05, 4.69) is 32.5 Å². The molecule has 3 aromatic carbocycles. The van der Waals surface area contributed by atoms with Gasteiger partial charge >= 0.3 is 11.8 Å². The highest BCUT2D eigenvalue weighted by molar-refractivity contribution is 6.31. The molecular weight excluding hydrogens is 673 g/mol. The van der Waals surface area contributed by atoms with Crippen molar-refractivity contribution in [1.82, 2.24) is 25.2 Å². The quantitative estimate of drug-likeness (QED) is 0.0464. The van der Waals surface area contributed by atoms with Crippen molar-refractivity contribution in [1.29, 1.82) is 0 Å². The number of H-pyrrole nitrogens is 1. The molecule has 0 bridgehead atoms. The summed E-state index contributed by atoms with van der Waals surface area (Å²) in [4.78, 5) is 36.4. The minimum Gasteiger partial charge on any atom is -0.448 e. The van der Waals surface area contributed by atoms with Crippen molar-refractivity contribution < 1.29 is 13.9 Å². The first kappa shape index (κ1) is 37.0. The first-order chi connectivity index (χ1) is 24.6. The van der Waals surface area contributed by atoms with E-state index in [0.29, 0.717) is 54.8 Å². The van der Waals surface area contributed by atoms with Crippen molar-refractivity contribution in [2.75, 3.05) is 19.7 Å². The van der Waals surface area contributed by atoms with Gasteiger partial charge in [-0.2, -0.15) is 4.98 Å². The third-order valence-electron chi connectivity index (χ3n) is 8.39. The maximum Gasteiger partial charge on any atom is 0.407 e. The number of nitrogens with zero attached hydrogens (tertiary/aromatic N) is 3. The number of guanidine groups is 1. The van der Waals surface area contributed by atoms with Crippen LogP contribution in [0.4, 0.5) is 9.18 Å². The van der Waals surface area contributed by atoms with Gasteiger partial charge in [-0.15, -0.1) is 0 Å². The second-order valence-corrected chi connectivity index (χ2v) is 12.7. The van der Waals surface area contributed by atoms with Crippen LogP contribution in [-0.2, 0) is 17.7 Å². The molecule has 0 radical (unpaired) electrons. The molecule has 0 aliphatic carbocycles. The van der Waals surface area contributed by atoms with Crippen molar-refractivity contribution in [3.8, 4) is 16.9 Å². The first-order valence-corrected chi connectivity index (χ1v) is 17.1. The van der Waals surface area contributed by atoms with E-state index in [9.17, 15) is 9.59 Å². The van der Waals surface area contributed by atoms with E-state index < -0.39 is 17.6 Å². The Morgan fingerprint density at radius 1 is 1.08 bits per heavy atom. The molecule has 0 spiro atoms. The number of alkyl carbamates (subject to hydrolysis) is 1. The third kappa shape index (κ3) is 10.4. The van der Waals surface area contributed by atoms with Crippen LogP contribution in [0.2, 0.25) is 5.02 Å². The van der Waals surface area contributed by atoms with Crippen LogP contribution >= 0.6 is 11.6 Å². The molecule has 0 aliphatic rings. The first-order valence-electron chi connectivity index (χ1n) is 16.8. The highest BCUT2D eigenvalue weighted by atomic mass is 35.5. The van der Waals surface area contributed by atoms with Gasteiger partial charge in [0.2, 0.25) is 0 Å². The Labute approximate surface area is 300 Å². The minimum absolute atomic E-state index is 0.0195. The zero-order chi connectivity index (χ0) is 36.3. The molecule has 0 saturated heterocycles. The Hall–Kier alpha value is -5.24. The lowest BCUT2D eigenvalue weighted by molar-refractivity contribution is 0.137. The molecule has 268 valence electrons. The number of carbonyl (C=O) groups is 1. The predicted octanol–water partition coefficient (Wildman–Crippen LogP) is 5.06. The summed E-state index contributed by atoms with van der Waals surface area (Å²) in [7, 11) is 0. The van der Waals surface area contributed by atoms with Gasteiger partial charge < -0.3 is 37.6 Å². The number of carbonyl (C=O) groups excluding carboxylic acids is 1. The number of hydrogen-bond acceptors (Lipinski definition) is 7. The number of aryl methyl sites for hydroxylation is 1. The summed E-state index contributed by atoms with van der Waals surface area (Å²) >= 11 is 6.32. The number of aromatic amines is 1. The molecule has 1 amide bonds. The lowest BCUT2D eigenvalue weighted by Gasteiger charge is -2.15. The van der Waals surface area contributed by atoms with E-state index >= 15 is 4.39 Å². The Balaban J connectivity index is 1.19. The van der Waals surface area contributed by atoms with E-state index in [1.54, 1.807) is 24.4 Å². The molecule has 2 aromatic heterocycles. The van der Waals surface area contributed by atoms with Crippen LogP contribution in [0.5, 0.6) is 0 Å². The van der Waals surface area contributed by atoms with E-state index in [0.717, 1.165) is 29.7 Å². The molecular formula is C37H43ClFN9O3. The molecule has 2 heterocycles. The number of nitrogens with one attached hydrogen (secondary N) is 3. The number of aromatic nitrogens is 3. The smallest absolute Gasteiger partial charge is 0.407 e. The van der Waals surface area contributed by atoms with E-state index in [1.807, 2.05) is 54.6 Å². The van der Waals surface area contributed by atoms with Crippen LogP contribution in [0.15, 0.2) is 88.8 Å². The molecule has 0 fully saturated rings. The average Bonchev–Trinajstić information content (AvgIpc) is 3.53. The van der Waals surface area contributed by atoms with Crippen molar-refractivity contribution in [2.24, 2.45) is 22.2 Å².